The Kier molecular flexibility index (Phi) is 4.64. The average molecular weight is 411 g/mol. The molecule has 8 heteroatoms. The van der Waals surface area contributed by atoms with Gasteiger partial charge in [-0.25, -0.2) is 9.50 Å². The maximum absolute atomic E-state index is 11.7. The molecular formula is C23H17N5O3. The molecule has 152 valence electrons. The number of fused-ring (bicyclic) bond motifs is 1. The highest BCUT2D eigenvalue weighted by molar-refractivity contribution is 5.65. The van der Waals surface area contributed by atoms with Gasteiger partial charge in [0.1, 0.15) is 12.3 Å². The summed E-state index contributed by atoms with van der Waals surface area (Å²) in [6, 6.07) is 20.1. The molecule has 0 aliphatic carbocycles. The number of para-hydroxylation sites is 1. The van der Waals surface area contributed by atoms with Gasteiger partial charge in [0.15, 0.2) is 5.65 Å². The zero-order chi connectivity index (χ0) is 21.2. The van der Waals surface area contributed by atoms with Gasteiger partial charge < -0.3 is 4.74 Å². The van der Waals surface area contributed by atoms with Crippen molar-refractivity contribution >= 4 is 11.3 Å². The van der Waals surface area contributed by atoms with Crippen LogP contribution in [0.1, 0.15) is 5.56 Å². The lowest BCUT2D eigenvalue weighted by molar-refractivity contribution is -0.385. The number of rotatable bonds is 6. The fraction of sp³-hybridized carbons (Fsp3) is 0.0435. The van der Waals surface area contributed by atoms with E-state index in [-0.39, 0.29) is 18.0 Å². The molecule has 5 rings (SSSR count). The minimum absolute atomic E-state index is 0.0988. The number of nitrogens with zero attached hydrogens (tertiary/aromatic N) is 5. The zero-order valence-electron chi connectivity index (χ0n) is 16.3. The van der Waals surface area contributed by atoms with E-state index in [1.165, 1.54) is 6.07 Å². The third-order valence-corrected chi connectivity index (χ3v) is 4.94. The molecule has 3 heterocycles. The van der Waals surface area contributed by atoms with Crippen LogP contribution in [-0.4, -0.2) is 24.1 Å². The van der Waals surface area contributed by atoms with Gasteiger partial charge in [-0.05, 0) is 23.8 Å². The Morgan fingerprint density at radius 3 is 2.61 bits per heavy atom. The van der Waals surface area contributed by atoms with Gasteiger partial charge in [-0.2, -0.15) is 0 Å². The maximum Gasteiger partial charge on any atom is 0.313 e. The molecule has 0 bridgehead atoms. The molecule has 0 unspecified atom stereocenters. The Balaban J connectivity index is 1.65. The fourth-order valence-electron chi connectivity index (χ4n) is 3.52. The van der Waals surface area contributed by atoms with Crippen molar-refractivity contribution in [2.24, 2.45) is 0 Å². The van der Waals surface area contributed by atoms with Gasteiger partial charge in [0.05, 0.1) is 16.8 Å². The van der Waals surface area contributed by atoms with Gasteiger partial charge in [0.2, 0.25) is 5.75 Å². The standard InChI is InChI=1S/C23H17N5O3/c29-28(30)20-10-4-9-19(23(20)31-16-17-6-2-1-3-7-17)26-13-11-22-25-15-21(27(22)26)18-8-5-12-24-14-18/h1-15H,16H2. The van der Waals surface area contributed by atoms with Crippen LogP contribution in [-0.2, 0) is 6.61 Å². The third-order valence-electron chi connectivity index (χ3n) is 4.94. The number of nitro groups is 1. The number of pyridine rings is 1. The average Bonchev–Trinajstić information content (AvgIpc) is 3.41. The summed E-state index contributed by atoms with van der Waals surface area (Å²) in [5.74, 6) is 0.194. The van der Waals surface area contributed by atoms with Gasteiger partial charge in [-0.1, -0.05) is 36.4 Å². The highest BCUT2D eigenvalue weighted by Gasteiger charge is 2.22. The molecule has 0 N–H and O–H groups in total. The lowest BCUT2D eigenvalue weighted by atomic mass is 10.2. The van der Waals surface area contributed by atoms with E-state index < -0.39 is 4.92 Å². The van der Waals surface area contributed by atoms with E-state index in [2.05, 4.69) is 9.97 Å². The smallest absolute Gasteiger partial charge is 0.313 e. The molecule has 0 saturated heterocycles. The minimum atomic E-state index is -0.430. The van der Waals surface area contributed by atoms with Crippen molar-refractivity contribution in [3.8, 4) is 22.7 Å². The first-order valence-electron chi connectivity index (χ1n) is 9.62. The molecule has 31 heavy (non-hydrogen) atoms. The largest absolute Gasteiger partial charge is 0.480 e. The Labute approximate surface area is 177 Å². The Hall–Kier alpha value is -4.46. The van der Waals surface area contributed by atoms with E-state index in [0.717, 1.165) is 16.8 Å². The topological polar surface area (TPSA) is 87.5 Å². The number of nitro benzene ring substituents is 1. The van der Waals surface area contributed by atoms with E-state index >= 15 is 0 Å². The van der Waals surface area contributed by atoms with Gasteiger partial charge in [-0.3, -0.25) is 19.8 Å². The predicted molar refractivity (Wildman–Crippen MR) is 115 cm³/mol. The number of benzene rings is 2. The highest BCUT2D eigenvalue weighted by atomic mass is 16.6. The number of imidazole rings is 1. The molecule has 8 nitrogen and oxygen atoms in total. The number of aromatic nitrogens is 4. The van der Waals surface area contributed by atoms with Crippen molar-refractivity contribution in [3.05, 3.63) is 107 Å². The predicted octanol–water partition coefficient (Wildman–Crippen LogP) is 4.67. The number of ether oxygens (including phenoxy) is 1. The number of hydrogen-bond acceptors (Lipinski definition) is 5. The van der Waals surface area contributed by atoms with Crippen molar-refractivity contribution in [1.82, 2.24) is 19.2 Å². The van der Waals surface area contributed by atoms with Crippen LogP contribution in [0.5, 0.6) is 5.75 Å². The van der Waals surface area contributed by atoms with Gasteiger partial charge >= 0.3 is 5.69 Å². The first kappa shape index (κ1) is 18.6. The van der Waals surface area contributed by atoms with Crippen LogP contribution in [0.3, 0.4) is 0 Å². The van der Waals surface area contributed by atoms with Gasteiger partial charge in [0.25, 0.3) is 0 Å². The fourth-order valence-corrected chi connectivity index (χ4v) is 3.52. The van der Waals surface area contributed by atoms with Crippen molar-refractivity contribution in [1.29, 1.82) is 0 Å². The molecule has 5 aromatic rings. The quantitative estimate of drug-likeness (QED) is 0.299. The molecule has 0 aliphatic rings. The van der Waals surface area contributed by atoms with Gasteiger partial charge in [-0.15, -0.1) is 0 Å². The van der Waals surface area contributed by atoms with Crippen molar-refractivity contribution in [2.75, 3.05) is 0 Å². The van der Waals surface area contributed by atoms with Crippen LogP contribution >= 0.6 is 0 Å². The molecule has 0 fully saturated rings. The SMILES string of the molecule is O=[N+]([O-])c1cccc(-n2ccc3ncc(-c4cccnc4)n32)c1OCc1ccccc1. The summed E-state index contributed by atoms with van der Waals surface area (Å²) < 4.78 is 9.69. The number of hydrogen-bond donors (Lipinski definition) is 0. The van der Waals surface area contributed by atoms with Crippen LogP contribution in [0.25, 0.3) is 22.6 Å². The summed E-state index contributed by atoms with van der Waals surface area (Å²) in [5, 5.41) is 11.7. The third kappa shape index (κ3) is 3.40. The van der Waals surface area contributed by atoms with Crippen LogP contribution in [0.15, 0.2) is 91.5 Å². The lowest BCUT2D eigenvalue weighted by Gasteiger charge is -2.14. The van der Waals surface area contributed by atoms with E-state index in [1.807, 2.05) is 59.2 Å². The van der Waals surface area contributed by atoms with Crippen molar-refractivity contribution in [3.63, 3.8) is 0 Å². The highest BCUT2D eigenvalue weighted by Crippen LogP contribution is 2.35. The zero-order valence-corrected chi connectivity index (χ0v) is 16.3. The second-order valence-electron chi connectivity index (χ2n) is 6.87. The first-order chi connectivity index (χ1) is 15.2. The molecule has 0 saturated carbocycles. The minimum Gasteiger partial charge on any atom is -0.480 e. The Morgan fingerprint density at radius 1 is 0.968 bits per heavy atom. The summed E-state index contributed by atoms with van der Waals surface area (Å²) in [4.78, 5) is 20.0. The molecule has 3 aromatic heterocycles. The van der Waals surface area contributed by atoms with E-state index in [9.17, 15) is 10.1 Å². The molecule has 0 spiro atoms. The molecular weight excluding hydrogens is 394 g/mol. The van der Waals surface area contributed by atoms with E-state index in [1.54, 1.807) is 35.4 Å². The van der Waals surface area contributed by atoms with Crippen LogP contribution in [0.4, 0.5) is 5.69 Å². The molecule has 2 aromatic carbocycles. The summed E-state index contributed by atoms with van der Waals surface area (Å²) in [6.07, 6.45) is 7.03. The summed E-state index contributed by atoms with van der Waals surface area (Å²) in [7, 11) is 0. The maximum atomic E-state index is 11.7. The normalized spacial score (nSPS) is 11.0. The molecule has 0 radical (unpaired) electrons. The molecule has 0 amide bonds. The Bertz CT molecular complexity index is 1360. The van der Waals surface area contributed by atoms with Crippen molar-refractivity contribution in [2.45, 2.75) is 6.61 Å². The monoisotopic (exact) mass is 411 g/mol. The molecule has 0 atom stereocenters. The van der Waals surface area contributed by atoms with E-state index in [0.29, 0.717) is 11.3 Å². The van der Waals surface area contributed by atoms with E-state index in [4.69, 9.17) is 4.74 Å². The first-order valence-corrected chi connectivity index (χ1v) is 9.62. The van der Waals surface area contributed by atoms with Crippen LogP contribution in [0.2, 0.25) is 0 Å². The van der Waals surface area contributed by atoms with Crippen LogP contribution in [0, 0.1) is 10.1 Å². The second kappa shape index (κ2) is 7.75. The van der Waals surface area contributed by atoms with Gasteiger partial charge in [0, 0.05) is 36.3 Å². The summed E-state index contributed by atoms with van der Waals surface area (Å²) in [5.41, 5.74) is 3.77. The summed E-state index contributed by atoms with van der Waals surface area (Å²) in [6.45, 7) is 0.211. The van der Waals surface area contributed by atoms with Crippen LogP contribution < -0.4 is 4.74 Å². The second-order valence-corrected chi connectivity index (χ2v) is 6.87. The Morgan fingerprint density at radius 2 is 1.84 bits per heavy atom. The molecule has 0 aliphatic heterocycles. The summed E-state index contributed by atoms with van der Waals surface area (Å²) >= 11 is 0. The van der Waals surface area contributed by atoms with Crippen molar-refractivity contribution < 1.29 is 9.66 Å². The lowest BCUT2D eigenvalue weighted by Crippen LogP contribution is -2.08.